The molecule has 4 aromatic rings. The number of benzene rings is 3. The van der Waals surface area contributed by atoms with Gasteiger partial charge in [-0.1, -0.05) is 36.4 Å². The lowest BCUT2D eigenvalue weighted by Crippen LogP contribution is -1.96. The molecule has 3 aromatic carbocycles. The summed E-state index contributed by atoms with van der Waals surface area (Å²) in [4.78, 5) is 4.97. The Balaban J connectivity index is 2.01. The summed E-state index contributed by atoms with van der Waals surface area (Å²) >= 11 is 0. The molecule has 0 aliphatic heterocycles. The number of ether oxygens (including phenoxy) is 2. The van der Waals surface area contributed by atoms with Crippen molar-refractivity contribution in [2.45, 2.75) is 6.92 Å². The Bertz CT molecular complexity index is 1080. The first-order chi connectivity index (χ1) is 13.2. The number of hydrogen-bond donors (Lipinski definition) is 0. The van der Waals surface area contributed by atoms with E-state index in [1.54, 1.807) is 14.2 Å². The van der Waals surface area contributed by atoms with Gasteiger partial charge in [0.1, 0.15) is 11.5 Å². The van der Waals surface area contributed by atoms with Gasteiger partial charge in [-0.2, -0.15) is 0 Å². The van der Waals surface area contributed by atoms with Crippen LogP contribution in [0.4, 0.5) is 0 Å². The average Bonchev–Trinajstić information content (AvgIpc) is 2.74. The van der Waals surface area contributed by atoms with E-state index in [4.69, 9.17) is 14.5 Å². The summed E-state index contributed by atoms with van der Waals surface area (Å²) in [5.41, 5.74) is 5.30. The Hall–Kier alpha value is -3.33. The van der Waals surface area contributed by atoms with Crippen LogP contribution < -0.4 is 9.47 Å². The lowest BCUT2D eigenvalue weighted by atomic mass is 9.93. The monoisotopic (exact) mass is 355 g/mol. The predicted molar refractivity (Wildman–Crippen MR) is 110 cm³/mol. The van der Waals surface area contributed by atoms with Gasteiger partial charge in [0.25, 0.3) is 0 Å². The zero-order valence-corrected chi connectivity index (χ0v) is 15.7. The molecule has 134 valence electrons. The first-order valence-electron chi connectivity index (χ1n) is 8.89. The van der Waals surface area contributed by atoms with Crippen molar-refractivity contribution in [2.75, 3.05) is 14.2 Å². The number of hydrogen-bond acceptors (Lipinski definition) is 3. The van der Waals surface area contributed by atoms with Crippen molar-refractivity contribution in [3.05, 3.63) is 78.5 Å². The highest BCUT2D eigenvalue weighted by atomic mass is 16.5. The van der Waals surface area contributed by atoms with E-state index in [1.807, 2.05) is 24.3 Å². The molecule has 0 bridgehead atoms. The highest BCUT2D eigenvalue weighted by Gasteiger charge is 2.15. The summed E-state index contributed by atoms with van der Waals surface area (Å²) in [6.07, 6.45) is 0. The molecule has 1 heterocycles. The highest BCUT2D eigenvalue weighted by molar-refractivity contribution is 6.03. The molecule has 1 aromatic heterocycles. The van der Waals surface area contributed by atoms with Gasteiger partial charge in [0, 0.05) is 22.2 Å². The largest absolute Gasteiger partial charge is 0.497 e. The molecule has 0 spiro atoms. The topological polar surface area (TPSA) is 31.4 Å². The van der Waals surface area contributed by atoms with Crippen LogP contribution in [0.5, 0.6) is 11.5 Å². The molecule has 27 heavy (non-hydrogen) atoms. The third-order valence-corrected chi connectivity index (χ3v) is 4.84. The summed E-state index contributed by atoms with van der Waals surface area (Å²) < 4.78 is 10.6. The summed E-state index contributed by atoms with van der Waals surface area (Å²) in [7, 11) is 3.36. The second-order valence-corrected chi connectivity index (χ2v) is 6.42. The lowest BCUT2D eigenvalue weighted by Gasteiger charge is -2.16. The molecule has 0 N–H and O–H groups in total. The fourth-order valence-electron chi connectivity index (χ4n) is 3.44. The third-order valence-electron chi connectivity index (χ3n) is 4.84. The zero-order chi connectivity index (χ0) is 18.8. The number of fused-ring (bicyclic) bond motifs is 1. The lowest BCUT2D eigenvalue weighted by molar-refractivity contribution is 0.414. The second-order valence-electron chi connectivity index (χ2n) is 6.42. The van der Waals surface area contributed by atoms with Gasteiger partial charge in [-0.15, -0.1) is 0 Å². The number of nitrogens with zero attached hydrogens (tertiary/aromatic N) is 1. The van der Waals surface area contributed by atoms with Gasteiger partial charge < -0.3 is 9.47 Å². The number of methoxy groups -OCH3 is 2. The van der Waals surface area contributed by atoms with Crippen LogP contribution in [-0.4, -0.2) is 19.2 Å². The van der Waals surface area contributed by atoms with Crippen LogP contribution in [0, 0.1) is 6.92 Å². The van der Waals surface area contributed by atoms with Crippen molar-refractivity contribution in [1.82, 2.24) is 4.98 Å². The molecule has 0 atom stereocenters. The number of pyridine rings is 1. The first-order valence-corrected chi connectivity index (χ1v) is 8.89. The summed E-state index contributed by atoms with van der Waals surface area (Å²) in [5.74, 6) is 1.68. The first kappa shape index (κ1) is 17.1. The average molecular weight is 355 g/mol. The quantitative estimate of drug-likeness (QED) is 0.457. The van der Waals surface area contributed by atoms with E-state index in [0.717, 1.165) is 39.6 Å². The highest BCUT2D eigenvalue weighted by Crippen LogP contribution is 2.38. The maximum absolute atomic E-state index is 5.32. The minimum absolute atomic E-state index is 0.835. The summed E-state index contributed by atoms with van der Waals surface area (Å²) in [6, 6.07) is 24.6. The normalized spacial score (nSPS) is 10.8. The molecular formula is C24H21NO2. The van der Waals surface area contributed by atoms with Crippen LogP contribution in [0.3, 0.4) is 0 Å². The molecule has 0 fully saturated rings. The molecule has 0 aliphatic carbocycles. The van der Waals surface area contributed by atoms with Crippen LogP contribution in [0.1, 0.15) is 5.69 Å². The Labute approximate surface area is 159 Å². The van der Waals surface area contributed by atoms with Gasteiger partial charge in [-0.3, -0.25) is 4.98 Å². The second kappa shape index (κ2) is 7.12. The molecule has 0 aliphatic rings. The van der Waals surface area contributed by atoms with Gasteiger partial charge >= 0.3 is 0 Å². The smallest absolute Gasteiger partial charge is 0.118 e. The standard InChI is InChI=1S/C24H21NO2/c1-16-21-6-4-5-7-22(21)23(17-8-12-19(26-2)13-9-17)24(25-16)18-10-14-20(27-3)15-11-18/h4-15H,1-3H3. The zero-order valence-electron chi connectivity index (χ0n) is 15.7. The van der Waals surface area contributed by atoms with E-state index < -0.39 is 0 Å². The number of aromatic nitrogens is 1. The summed E-state index contributed by atoms with van der Waals surface area (Å²) in [5, 5.41) is 2.36. The number of rotatable bonds is 4. The Morgan fingerprint density at radius 3 is 1.70 bits per heavy atom. The molecule has 0 amide bonds. The molecule has 4 rings (SSSR count). The fourth-order valence-corrected chi connectivity index (χ4v) is 3.44. The predicted octanol–water partition coefficient (Wildman–Crippen LogP) is 5.89. The number of aryl methyl sites for hydroxylation is 1. The van der Waals surface area contributed by atoms with Gasteiger partial charge in [-0.05, 0) is 54.3 Å². The van der Waals surface area contributed by atoms with Crippen LogP contribution in [0.15, 0.2) is 72.8 Å². The minimum atomic E-state index is 0.835. The molecule has 0 saturated carbocycles. The van der Waals surface area contributed by atoms with Gasteiger partial charge in [0.15, 0.2) is 0 Å². The van der Waals surface area contributed by atoms with E-state index in [0.29, 0.717) is 0 Å². The Kier molecular flexibility index (Phi) is 4.51. The third kappa shape index (κ3) is 3.13. The fraction of sp³-hybridized carbons (Fsp3) is 0.125. The molecule has 3 nitrogen and oxygen atoms in total. The van der Waals surface area contributed by atoms with Crippen molar-refractivity contribution < 1.29 is 9.47 Å². The van der Waals surface area contributed by atoms with Crippen molar-refractivity contribution in [1.29, 1.82) is 0 Å². The van der Waals surface area contributed by atoms with Crippen molar-refractivity contribution >= 4 is 10.8 Å². The van der Waals surface area contributed by atoms with Crippen molar-refractivity contribution in [3.8, 4) is 33.9 Å². The van der Waals surface area contributed by atoms with E-state index in [1.165, 1.54) is 10.8 Å². The van der Waals surface area contributed by atoms with Crippen molar-refractivity contribution in [3.63, 3.8) is 0 Å². The molecule has 0 unspecified atom stereocenters. The van der Waals surface area contributed by atoms with Crippen LogP contribution in [0.2, 0.25) is 0 Å². The molecular weight excluding hydrogens is 334 g/mol. The van der Waals surface area contributed by atoms with E-state index in [-0.39, 0.29) is 0 Å². The molecule has 0 radical (unpaired) electrons. The Morgan fingerprint density at radius 2 is 1.15 bits per heavy atom. The van der Waals surface area contributed by atoms with E-state index >= 15 is 0 Å². The molecule has 0 saturated heterocycles. The van der Waals surface area contributed by atoms with Crippen LogP contribution in [-0.2, 0) is 0 Å². The van der Waals surface area contributed by atoms with Crippen LogP contribution >= 0.6 is 0 Å². The van der Waals surface area contributed by atoms with E-state index in [9.17, 15) is 0 Å². The van der Waals surface area contributed by atoms with Crippen LogP contribution in [0.25, 0.3) is 33.2 Å². The van der Waals surface area contributed by atoms with Crippen molar-refractivity contribution in [2.24, 2.45) is 0 Å². The van der Waals surface area contributed by atoms with E-state index in [2.05, 4.69) is 55.5 Å². The van der Waals surface area contributed by atoms with Gasteiger partial charge in [0.2, 0.25) is 0 Å². The summed E-state index contributed by atoms with van der Waals surface area (Å²) in [6.45, 7) is 2.06. The maximum atomic E-state index is 5.32. The minimum Gasteiger partial charge on any atom is -0.497 e. The van der Waals surface area contributed by atoms with Gasteiger partial charge in [-0.25, -0.2) is 0 Å². The SMILES string of the molecule is COc1ccc(-c2nc(C)c3ccccc3c2-c2ccc(OC)cc2)cc1. The Morgan fingerprint density at radius 1 is 0.630 bits per heavy atom. The maximum Gasteiger partial charge on any atom is 0.118 e. The van der Waals surface area contributed by atoms with Gasteiger partial charge in [0.05, 0.1) is 19.9 Å². The molecule has 3 heteroatoms.